The van der Waals surface area contributed by atoms with Crippen molar-refractivity contribution >= 4 is 22.9 Å². The summed E-state index contributed by atoms with van der Waals surface area (Å²) in [6.07, 6.45) is 7.43. The predicted molar refractivity (Wildman–Crippen MR) is 89.7 cm³/mol. The lowest BCUT2D eigenvalue weighted by Gasteiger charge is -2.54. The Kier molecular flexibility index (Phi) is 4.79. The van der Waals surface area contributed by atoms with Crippen LogP contribution < -0.4 is 5.73 Å². The number of hydrogen-bond acceptors (Lipinski definition) is 2. The Morgan fingerprint density at radius 2 is 1.57 bits per heavy atom. The van der Waals surface area contributed by atoms with Crippen LogP contribution in [0.1, 0.15) is 32.1 Å². The van der Waals surface area contributed by atoms with Crippen molar-refractivity contribution in [3.05, 3.63) is 0 Å². The summed E-state index contributed by atoms with van der Waals surface area (Å²) in [6, 6.07) is 0. The highest BCUT2D eigenvalue weighted by Gasteiger charge is 2.47. The van der Waals surface area contributed by atoms with E-state index in [1.54, 1.807) is 0 Å². The third-order valence-corrected chi connectivity index (χ3v) is 6.22. The van der Waals surface area contributed by atoms with Crippen LogP contribution in [-0.2, 0) is 4.74 Å². The van der Waals surface area contributed by atoms with E-state index >= 15 is 0 Å². The smallest absolute Gasteiger partial charge is 0.191 e. The minimum absolute atomic E-state index is 0. The quantitative estimate of drug-likeness (QED) is 0.609. The molecule has 0 aromatic heterocycles. The maximum absolute atomic E-state index is 6.17. The van der Waals surface area contributed by atoms with E-state index in [2.05, 4.69) is 4.90 Å². The fraction of sp³-hybridized carbons (Fsp3) is 0.938. The Balaban J connectivity index is 0.00000132. The number of rotatable bonds is 2. The van der Waals surface area contributed by atoms with Crippen molar-refractivity contribution in [2.45, 2.75) is 32.1 Å². The third kappa shape index (κ3) is 3.09. The molecule has 1 aliphatic heterocycles. The van der Waals surface area contributed by atoms with Crippen molar-refractivity contribution in [3.8, 4) is 0 Å². The van der Waals surface area contributed by atoms with Crippen molar-refractivity contribution in [3.63, 3.8) is 0 Å². The zero-order valence-electron chi connectivity index (χ0n) is 12.7. The normalized spacial score (nSPS) is 42.0. The first-order valence-electron chi connectivity index (χ1n) is 8.42. The fourth-order valence-electron chi connectivity index (χ4n) is 5.43. The summed E-state index contributed by atoms with van der Waals surface area (Å²) < 4.78 is 5.37. The van der Waals surface area contributed by atoms with Gasteiger partial charge in [0.2, 0.25) is 0 Å². The van der Waals surface area contributed by atoms with Gasteiger partial charge >= 0.3 is 0 Å². The molecule has 0 unspecified atom stereocenters. The van der Waals surface area contributed by atoms with Crippen LogP contribution >= 0.6 is 17.0 Å². The lowest BCUT2D eigenvalue weighted by atomic mass is 9.52. The lowest BCUT2D eigenvalue weighted by molar-refractivity contribution is -0.0321. The highest BCUT2D eigenvalue weighted by Crippen LogP contribution is 2.56. The number of halogens is 1. The van der Waals surface area contributed by atoms with Gasteiger partial charge in [0, 0.05) is 19.6 Å². The van der Waals surface area contributed by atoms with Crippen molar-refractivity contribution in [1.82, 2.24) is 4.90 Å². The Hall–Kier alpha value is -0.290. The molecule has 0 aromatic carbocycles. The van der Waals surface area contributed by atoms with E-state index in [1.165, 1.54) is 32.1 Å². The Morgan fingerprint density at radius 3 is 2.14 bits per heavy atom. The van der Waals surface area contributed by atoms with Gasteiger partial charge in [0.1, 0.15) is 0 Å². The van der Waals surface area contributed by atoms with Gasteiger partial charge in [-0.25, -0.2) is 0 Å². The van der Waals surface area contributed by atoms with Crippen LogP contribution in [-0.4, -0.2) is 43.7 Å². The van der Waals surface area contributed by atoms with Crippen LogP contribution in [0.4, 0.5) is 0 Å². The number of nitrogens with zero attached hydrogens (tertiary/aromatic N) is 2. The fourth-order valence-corrected chi connectivity index (χ4v) is 5.43. The average Bonchev–Trinajstić information content (AvgIpc) is 2.46. The number of ether oxygens (including phenoxy) is 1. The summed E-state index contributed by atoms with van der Waals surface area (Å²) in [5, 5.41) is 0. The molecule has 0 spiro atoms. The van der Waals surface area contributed by atoms with Gasteiger partial charge in [0.15, 0.2) is 5.96 Å². The first kappa shape index (κ1) is 15.6. The van der Waals surface area contributed by atoms with E-state index in [-0.39, 0.29) is 17.0 Å². The molecular formula is C16H28BrN3O. The van der Waals surface area contributed by atoms with E-state index in [9.17, 15) is 0 Å². The Morgan fingerprint density at radius 1 is 1.00 bits per heavy atom. The standard InChI is InChI=1S/C16H27N3O.BrH/c17-16(19-1-3-20-4-2-19)18-10-15-13-6-11-5-12(8-13)9-14(15)7-11;/h11-15H,1-10H2,(H2,17,18);1H. The Labute approximate surface area is 138 Å². The van der Waals surface area contributed by atoms with Gasteiger partial charge in [0.25, 0.3) is 0 Å². The molecule has 4 saturated carbocycles. The molecule has 1 heterocycles. The van der Waals surface area contributed by atoms with Gasteiger partial charge < -0.3 is 15.4 Å². The van der Waals surface area contributed by atoms with E-state index in [4.69, 9.17) is 15.5 Å². The molecule has 5 heteroatoms. The molecule has 120 valence electrons. The van der Waals surface area contributed by atoms with Gasteiger partial charge in [-0.2, -0.15) is 0 Å². The molecule has 5 rings (SSSR count). The van der Waals surface area contributed by atoms with Gasteiger partial charge in [0.05, 0.1) is 13.2 Å². The number of guanidine groups is 1. The minimum atomic E-state index is 0. The van der Waals surface area contributed by atoms with E-state index in [0.29, 0.717) is 0 Å². The second-order valence-corrected chi connectivity index (χ2v) is 7.39. The summed E-state index contributed by atoms with van der Waals surface area (Å²) in [7, 11) is 0. The molecule has 5 aliphatic rings. The van der Waals surface area contributed by atoms with Crippen LogP contribution in [0.2, 0.25) is 0 Å². The zero-order chi connectivity index (χ0) is 13.5. The Bertz CT molecular complexity index is 367. The summed E-state index contributed by atoms with van der Waals surface area (Å²) in [5.41, 5.74) is 6.17. The molecule has 0 aromatic rings. The van der Waals surface area contributed by atoms with Crippen LogP contribution in [0.15, 0.2) is 4.99 Å². The van der Waals surface area contributed by atoms with E-state index in [1.807, 2.05) is 0 Å². The predicted octanol–water partition coefficient (Wildman–Crippen LogP) is 2.28. The number of hydrogen-bond donors (Lipinski definition) is 1. The molecule has 21 heavy (non-hydrogen) atoms. The van der Waals surface area contributed by atoms with Gasteiger partial charge in [-0.1, -0.05) is 0 Å². The molecule has 4 bridgehead atoms. The van der Waals surface area contributed by atoms with Crippen molar-refractivity contribution in [2.75, 3.05) is 32.8 Å². The molecule has 4 aliphatic carbocycles. The molecule has 0 atom stereocenters. The van der Waals surface area contributed by atoms with Crippen molar-refractivity contribution in [1.29, 1.82) is 0 Å². The second-order valence-electron chi connectivity index (χ2n) is 7.39. The third-order valence-electron chi connectivity index (χ3n) is 6.22. The number of nitrogens with two attached hydrogens (primary N) is 1. The molecule has 5 fully saturated rings. The number of morpholine rings is 1. The molecule has 4 nitrogen and oxygen atoms in total. The van der Waals surface area contributed by atoms with E-state index < -0.39 is 0 Å². The highest BCUT2D eigenvalue weighted by atomic mass is 79.9. The molecule has 0 radical (unpaired) electrons. The van der Waals surface area contributed by atoms with Gasteiger partial charge in [-0.05, 0) is 61.7 Å². The summed E-state index contributed by atoms with van der Waals surface area (Å²) in [4.78, 5) is 6.94. The van der Waals surface area contributed by atoms with Gasteiger partial charge in [-0.15, -0.1) is 17.0 Å². The van der Waals surface area contributed by atoms with Gasteiger partial charge in [-0.3, -0.25) is 4.99 Å². The summed E-state index contributed by atoms with van der Waals surface area (Å²) >= 11 is 0. The maximum atomic E-state index is 6.17. The summed E-state index contributed by atoms with van der Waals surface area (Å²) in [6.45, 7) is 4.34. The van der Waals surface area contributed by atoms with E-state index in [0.717, 1.165) is 68.4 Å². The number of aliphatic imine (C=N–C) groups is 1. The van der Waals surface area contributed by atoms with Crippen LogP contribution in [0.3, 0.4) is 0 Å². The molecule has 0 amide bonds. The van der Waals surface area contributed by atoms with Crippen LogP contribution in [0.25, 0.3) is 0 Å². The molecule has 2 N–H and O–H groups in total. The lowest BCUT2D eigenvalue weighted by Crippen LogP contribution is -2.47. The highest BCUT2D eigenvalue weighted by molar-refractivity contribution is 8.93. The minimum Gasteiger partial charge on any atom is -0.378 e. The van der Waals surface area contributed by atoms with Crippen molar-refractivity contribution in [2.24, 2.45) is 40.3 Å². The maximum Gasteiger partial charge on any atom is 0.191 e. The SMILES string of the molecule is Br.NC(=NCC1C2CC3CC(C2)CC1C3)N1CCOCC1. The molecular weight excluding hydrogens is 330 g/mol. The second kappa shape index (κ2) is 6.45. The zero-order valence-corrected chi connectivity index (χ0v) is 14.5. The van der Waals surface area contributed by atoms with Crippen molar-refractivity contribution < 1.29 is 4.74 Å². The average molecular weight is 358 g/mol. The first-order chi connectivity index (χ1) is 9.79. The van der Waals surface area contributed by atoms with Crippen LogP contribution in [0, 0.1) is 29.6 Å². The summed E-state index contributed by atoms with van der Waals surface area (Å²) in [5.74, 6) is 5.58. The first-order valence-corrected chi connectivity index (χ1v) is 8.42. The largest absolute Gasteiger partial charge is 0.378 e. The monoisotopic (exact) mass is 357 g/mol. The topological polar surface area (TPSA) is 50.8 Å². The molecule has 1 saturated heterocycles. The van der Waals surface area contributed by atoms with Crippen LogP contribution in [0.5, 0.6) is 0 Å².